The Morgan fingerprint density at radius 2 is 0.857 bits per heavy atom. The summed E-state index contributed by atoms with van der Waals surface area (Å²) in [6.07, 6.45) is -14.0. The van der Waals surface area contributed by atoms with Crippen molar-refractivity contribution in [2.24, 2.45) is 0 Å². The number of nitrogens with zero attached hydrogens (tertiary/aromatic N) is 4. The molecule has 1 aromatic heterocycles. The van der Waals surface area contributed by atoms with Crippen LogP contribution in [0.3, 0.4) is 0 Å². The Morgan fingerprint density at radius 1 is 0.543 bits per heavy atom. The van der Waals surface area contributed by atoms with E-state index in [1.54, 1.807) is 19.6 Å². The van der Waals surface area contributed by atoms with Crippen LogP contribution in [0.2, 0.25) is 0 Å². The molecule has 2 aliphatic rings. The van der Waals surface area contributed by atoms with E-state index in [-0.39, 0.29) is 59.8 Å². The first-order valence-electron chi connectivity index (χ1n) is 22.4. The number of aromatic nitrogens is 3. The van der Waals surface area contributed by atoms with Crippen molar-refractivity contribution in [3.63, 3.8) is 0 Å². The summed E-state index contributed by atoms with van der Waals surface area (Å²) in [5.74, 6) is 0. The molecule has 0 unspecified atom stereocenters. The monoisotopic (exact) mass is 1000 g/mol. The molecule has 20 heteroatoms. The van der Waals surface area contributed by atoms with Gasteiger partial charge in [0.05, 0.1) is 47.7 Å². The van der Waals surface area contributed by atoms with Crippen molar-refractivity contribution in [3.05, 3.63) is 164 Å². The third-order valence-electron chi connectivity index (χ3n) is 14.2. The molecule has 70 heavy (non-hydrogen) atoms. The molecule has 0 N–H and O–H groups in total. The average molecular weight is 1000 g/mol. The lowest BCUT2D eigenvalue weighted by molar-refractivity contribution is -0.571. The third kappa shape index (κ3) is 12.5. The van der Waals surface area contributed by atoms with Crippen LogP contribution in [0.15, 0.2) is 110 Å². The number of ether oxygens (including phenoxy) is 2. The van der Waals surface area contributed by atoms with Crippen LogP contribution < -0.4 is 0 Å². The standard InChI is InChI=1S/C26H27F6N3O.C24H25F6NO3/c1-18(19-12-21(25(27,28)29)14-22(13-19)26(30,31)32)36-15-24(20-6-4-3-5-7-20)10-8-23(2,9-11-24)35-16-33-34-17-35;1-16(17-12-19(23(25,26)27)14-20(13-17)24(28,29)30)34-15-22(18-6-4-3-5-7-18)10-8-21(2,9-11-22)31(32)33/h3-7,12-14,16-18H,8-11,15H2,1-2H3;3-7,12-14,16H,8-11,15H2,1-2H3/t18-,23?,24?;16-,21?,22?/m11/s1. The zero-order valence-corrected chi connectivity index (χ0v) is 38.6. The number of hydrogen-bond donors (Lipinski definition) is 0. The first-order chi connectivity index (χ1) is 32.5. The van der Waals surface area contributed by atoms with E-state index in [1.807, 2.05) is 65.2 Å². The normalized spacial score (nSPS) is 24.3. The quantitative estimate of drug-likeness (QED) is 0.0702. The second-order valence-corrected chi connectivity index (χ2v) is 19.0. The van der Waals surface area contributed by atoms with Gasteiger partial charge in [-0.15, -0.1) is 10.2 Å². The minimum absolute atomic E-state index is 0.00354. The highest BCUT2D eigenvalue weighted by Gasteiger charge is 2.49. The molecule has 2 saturated carbocycles. The fraction of sp³-hybridized carbons (Fsp3) is 0.480. The van der Waals surface area contributed by atoms with Crippen molar-refractivity contribution in [1.82, 2.24) is 14.8 Å². The summed E-state index contributed by atoms with van der Waals surface area (Å²) >= 11 is 0. The summed E-state index contributed by atoms with van der Waals surface area (Å²) in [4.78, 5) is 11.2. The molecule has 0 radical (unpaired) electrons. The molecule has 0 amide bonds. The van der Waals surface area contributed by atoms with E-state index in [2.05, 4.69) is 17.1 Å². The van der Waals surface area contributed by atoms with Crippen LogP contribution in [0.1, 0.15) is 136 Å². The molecule has 2 atom stereocenters. The fourth-order valence-corrected chi connectivity index (χ4v) is 9.26. The molecular weight excluding hydrogens is 949 g/mol. The Morgan fingerprint density at radius 3 is 1.16 bits per heavy atom. The van der Waals surface area contributed by atoms with Gasteiger partial charge >= 0.3 is 24.7 Å². The van der Waals surface area contributed by atoms with E-state index < -0.39 is 75.5 Å². The van der Waals surface area contributed by atoms with Crippen molar-refractivity contribution in [1.29, 1.82) is 0 Å². The second kappa shape index (κ2) is 20.3. The molecule has 1 heterocycles. The van der Waals surface area contributed by atoms with Gasteiger partial charge in [0.15, 0.2) is 0 Å². The summed E-state index contributed by atoms with van der Waals surface area (Å²) in [5.41, 5.74) is -6.35. The van der Waals surface area contributed by atoms with Crippen molar-refractivity contribution in [2.45, 2.75) is 138 Å². The summed E-state index contributed by atoms with van der Waals surface area (Å²) in [6.45, 7) is 6.75. The van der Waals surface area contributed by atoms with Crippen LogP contribution in [0, 0.1) is 10.1 Å². The number of hydrogen-bond acceptors (Lipinski definition) is 6. The Kier molecular flexibility index (Phi) is 15.6. The highest BCUT2D eigenvalue weighted by atomic mass is 19.4. The summed E-state index contributed by atoms with van der Waals surface area (Å²) < 4.78 is 173. The number of rotatable bonds is 12. The third-order valence-corrected chi connectivity index (χ3v) is 14.2. The Bertz CT molecular complexity index is 2450. The molecule has 0 saturated heterocycles. The highest BCUT2D eigenvalue weighted by molar-refractivity contribution is 5.36. The van der Waals surface area contributed by atoms with Crippen molar-refractivity contribution >= 4 is 0 Å². The lowest BCUT2D eigenvalue weighted by Gasteiger charge is -2.46. The van der Waals surface area contributed by atoms with Crippen molar-refractivity contribution in [3.8, 4) is 0 Å². The predicted molar refractivity (Wildman–Crippen MR) is 234 cm³/mol. The smallest absolute Gasteiger partial charge is 0.373 e. The van der Waals surface area contributed by atoms with Gasteiger partial charge in [-0.05, 0) is 118 Å². The van der Waals surface area contributed by atoms with E-state index in [0.717, 1.165) is 48.9 Å². The molecule has 5 aromatic rings. The molecular formula is C50H52F12N4O4. The highest BCUT2D eigenvalue weighted by Crippen LogP contribution is 2.49. The molecule has 0 spiro atoms. The number of nitro groups is 1. The second-order valence-electron chi connectivity index (χ2n) is 19.0. The molecule has 4 aromatic carbocycles. The number of alkyl halides is 12. The maximum Gasteiger partial charge on any atom is 0.416 e. The largest absolute Gasteiger partial charge is 0.416 e. The van der Waals surface area contributed by atoms with E-state index in [9.17, 15) is 62.8 Å². The molecule has 2 fully saturated rings. The molecule has 8 nitrogen and oxygen atoms in total. The molecule has 7 rings (SSSR count). The number of halogens is 12. The van der Waals surface area contributed by atoms with Crippen LogP contribution in [-0.4, -0.2) is 38.4 Å². The zero-order valence-electron chi connectivity index (χ0n) is 38.6. The van der Waals surface area contributed by atoms with Gasteiger partial charge in [0.1, 0.15) is 12.7 Å². The first kappa shape index (κ1) is 53.8. The average Bonchev–Trinajstić information content (AvgIpc) is 3.87. The summed E-state index contributed by atoms with van der Waals surface area (Å²) in [5, 5.41) is 19.3. The Labute approximate surface area is 396 Å². The fourth-order valence-electron chi connectivity index (χ4n) is 9.26. The zero-order chi connectivity index (χ0) is 51.6. The van der Waals surface area contributed by atoms with Crippen LogP contribution in [0.4, 0.5) is 52.7 Å². The van der Waals surface area contributed by atoms with Crippen molar-refractivity contribution < 1.29 is 67.1 Å². The lowest BCUT2D eigenvalue weighted by atomic mass is 9.65. The molecule has 2 aliphatic carbocycles. The van der Waals surface area contributed by atoms with Gasteiger partial charge in [0.2, 0.25) is 5.54 Å². The van der Waals surface area contributed by atoms with Crippen LogP contribution in [0.25, 0.3) is 0 Å². The van der Waals surface area contributed by atoms with Crippen LogP contribution in [0.5, 0.6) is 0 Å². The first-order valence-corrected chi connectivity index (χ1v) is 22.4. The molecule has 380 valence electrons. The number of benzene rings is 4. The molecule has 0 bridgehead atoms. The summed E-state index contributed by atoms with van der Waals surface area (Å²) in [6, 6.07) is 21.9. The minimum atomic E-state index is -4.95. The Hall–Kier alpha value is -5.50. The van der Waals surface area contributed by atoms with Gasteiger partial charge in [-0.2, -0.15) is 52.7 Å². The summed E-state index contributed by atoms with van der Waals surface area (Å²) in [7, 11) is 0. The van der Waals surface area contributed by atoms with Gasteiger partial charge in [-0.1, -0.05) is 60.7 Å². The lowest BCUT2D eigenvalue weighted by Crippen LogP contribution is -2.46. The SMILES string of the molecule is C[C@@H](OCC1(c2ccccc2)CCC(C)([N+](=O)[O-])CC1)c1cc(C(F)(F)F)cc(C(F)(F)F)c1.C[C@@H](OCC1(c2ccccc2)CCC(C)(n2cnnc2)CC1)c1cc(C(F)(F)F)cc(C(F)(F)F)c1. The van der Waals surface area contributed by atoms with Gasteiger partial charge in [0.25, 0.3) is 0 Å². The minimum Gasteiger partial charge on any atom is -0.373 e. The maximum atomic E-state index is 13.3. The van der Waals surface area contributed by atoms with Gasteiger partial charge in [-0.3, -0.25) is 10.1 Å². The van der Waals surface area contributed by atoms with Crippen molar-refractivity contribution in [2.75, 3.05) is 13.2 Å². The van der Waals surface area contributed by atoms with E-state index in [4.69, 9.17) is 9.47 Å². The topological polar surface area (TPSA) is 92.3 Å². The molecule has 0 aliphatic heterocycles. The predicted octanol–water partition coefficient (Wildman–Crippen LogP) is 14.7. The van der Waals surface area contributed by atoms with Gasteiger partial charge < -0.3 is 14.0 Å². The van der Waals surface area contributed by atoms with E-state index in [0.29, 0.717) is 25.0 Å². The Balaban J connectivity index is 0.000000230. The van der Waals surface area contributed by atoms with E-state index >= 15 is 0 Å². The van der Waals surface area contributed by atoms with Crippen LogP contribution in [-0.2, 0) is 50.5 Å². The van der Waals surface area contributed by atoms with Gasteiger partial charge in [0, 0.05) is 41.1 Å². The van der Waals surface area contributed by atoms with Crippen LogP contribution >= 0.6 is 0 Å². The van der Waals surface area contributed by atoms with E-state index in [1.165, 1.54) is 13.8 Å². The van der Waals surface area contributed by atoms with Gasteiger partial charge in [-0.25, -0.2) is 0 Å². The maximum absolute atomic E-state index is 13.3.